The quantitative estimate of drug-likeness (QED) is 0.902. The summed E-state index contributed by atoms with van der Waals surface area (Å²) in [6.45, 7) is 6.19. The standard InChI is InChI=1S/C14H21NO3S/c1-9-8-13(19(15,16)17)10(2)11(3)14(9)18-7-6-12-4-5-12/h8,12H,4-7H2,1-3H3,(H2,15,16,17). The highest BCUT2D eigenvalue weighted by Gasteiger charge is 2.22. The predicted molar refractivity (Wildman–Crippen MR) is 74.9 cm³/mol. The summed E-state index contributed by atoms with van der Waals surface area (Å²) in [5.74, 6) is 1.62. The molecule has 0 radical (unpaired) electrons. The highest BCUT2D eigenvalue weighted by Crippen LogP contribution is 2.34. The summed E-state index contributed by atoms with van der Waals surface area (Å²) in [6.07, 6.45) is 3.70. The summed E-state index contributed by atoms with van der Waals surface area (Å²) in [4.78, 5) is 0.192. The van der Waals surface area contributed by atoms with Gasteiger partial charge in [0.05, 0.1) is 11.5 Å². The van der Waals surface area contributed by atoms with E-state index in [9.17, 15) is 8.42 Å². The van der Waals surface area contributed by atoms with Gasteiger partial charge in [0, 0.05) is 0 Å². The maximum absolute atomic E-state index is 11.5. The van der Waals surface area contributed by atoms with Crippen LogP contribution >= 0.6 is 0 Å². The molecule has 0 heterocycles. The monoisotopic (exact) mass is 283 g/mol. The van der Waals surface area contributed by atoms with Gasteiger partial charge in [0.1, 0.15) is 5.75 Å². The lowest BCUT2D eigenvalue weighted by Gasteiger charge is -2.16. The number of primary sulfonamides is 1. The van der Waals surface area contributed by atoms with E-state index in [4.69, 9.17) is 9.88 Å². The van der Waals surface area contributed by atoms with E-state index in [1.54, 1.807) is 13.0 Å². The fraction of sp³-hybridized carbons (Fsp3) is 0.571. The third-order valence-corrected chi connectivity index (χ3v) is 4.79. The van der Waals surface area contributed by atoms with Crippen LogP contribution in [0.2, 0.25) is 0 Å². The molecule has 0 aliphatic heterocycles. The highest BCUT2D eigenvalue weighted by molar-refractivity contribution is 7.89. The maximum Gasteiger partial charge on any atom is 0.238 e. The first-order valence-electron chi connectivity index (χ1n) is 6.57. The zero-order valence-corrected chi connectivity index (χ0v) is 12.5. The molecule has 1 aliphatic rings. The van der Waals surface area contributed by atoms with Gasteiger partial charge in [-0.2, -0.15) is 0 Å². The minimum absolute atomic E-state index is 0.192. The molecule has 0 unspecified atom stereocenters. The highest BCUT2D eigenvalue weighted by atomic mass is 32.2. The van der Waals surface area contributed by atoms with Crippen molar-refractivity contribution in [3.63, 3.8) is 0 Å². The van der Waals surface area contributed by atoms with Crippen LogP contribution in [0, 0.1) is 26.7 Å². The number of ether oxygens (including phenoxy) is 1. The maximum atomic E-state index is 11.5. The zero-order chi connectivity index (χ0) is 14.2. The van der Waals surface area contributed by atoms with Crippen molar-refractivity contribution < 1.29 is 13.2 Å². The molecule has 2 rings (SSSR count). The Labute approximate surface area is 115 Å². The van der Waals surface area contributed by atoms with Gasteiger partial charge < -0.3 is 4.74 Å². The molecule has 1 aromatic rings. The molecule has 0 aromatic heterocycles. The molecule has 0 amide bonds. The van der Waals surface area contributed by atoms with E-state index in [2.05, 4.69) is 0 Å². The average molecular weight is 283 g/mol. The number of sulfonamides is 1. The number of rotatable bonds is 5. The molecule has 2 N–H and O–H groups in total. The first-order valence-corrected chi connectivity index (χ1v) is 8.11. The van der Waals surface area contributed by atoms with Crippen LogP contribution in [-0.2, 0) is 10.0 Å². The van der Waals surface area contributed by atoms with Crippen molar-refractivity contribution in [1.29, 1.82) is 0 Å². The summed E-state index contributed by atoms with van der Waals surface area (Å²) >= 11 is 0. The molecule has 1 saturated carbocycles. The molecule has 0 bridgehead atoms. The number of hydrogen-bond donors (Lipinski definition) is 1. The van der Waals surface area contributed by atoms with Crippen LogP contribution < -0.4 is 9.88 Å². The van der Waals surface area contributed by atoms with Crippen LogP contribution in [0.5, 0.6) is 5.75 Å². The van der Waals surface area contributed by atoms with Crippen molar-refractivity contribution in [1.82, 2.24) is 0 Å². The lowest BCUT2D eigenvalue weighted by atomic mass is 10.1. The molecule has 1 fully saturated rings. The van der Waals surface area contributed by atoms with Crippen molar-refractivity contribution >= 4 is 10.0 Å². The molecule has 19 heavy (non-hydrogen) atoms. The molecule has 5 heteroatoms. The SMILES string of the molecule is Cc1cc(S(N)(=O)=O)c(C)c(C)c1OCCC1CC1. The molecule has 106 valence electrons. The van der Waals surface area contributed by atoms with E-state index in [-0.39, 0.29) is 4.90 Å². The smallest absolute Gasteiger partial charge is 0.238 e. The molecular formula is C14H21NO3S. The van der Waals surface area contributed by atoms with Gasteiger partial charge in [-0.25, -0.2) is 13.6 Å². The van der Waals surface area contributed by atoms with Gasteiger partial charge in [-0.3, -0.25) is 0 Å². The summed E-state index contributed by atoms with van der Waals surface area (Å²) in [7, 11) is -3.67. The molecule has 0 saturated heterocycles. The third-order valence-electron chi connectivity index (χ3n) is 3.75. The molecule has 0 atom stereocenters. The van der Waals surface area contributed by atoms with E-state index in [0.29, 0.717) is 12.2 Å². The van der Waals surface area contributed by atoms with Crippen LogP contribution in [0.15, 0.2) is 11.0 Å². The van der Waals surface area contributed by atoms with E-state index >= 15 is 0 Å². The summed E-state index contributed by atoms with van der Waals surface area (Å²) < 4.78 is 28.9. The number of aryl methyl sites for hydroxylation is 1. The minimum atomic E-state index is -3.67. The van der Waals surface area contributed by atoms with Crippen LogP contribution in [0.3, 0.4) is 0 Å². The topological polar surface area (TPSA) is 69.4 Å². The second-order valence-electron chi connectivity index (χ2n) is 5.40. The Morgan fingerprint density at radius 2 is 1.89 bits per heavy atom. The second kappa shape index (κ2) is 5.13. The van der Waals surface area contributed by atoms with Gasteiger partial charge in [-0.15, -0.1) is 0 Å². The van der Waals surface area contributed by atoms with Crippen LogP contribution in [-0.4, -0.2) is 15.0 Å². The Hall–Kier alpha value is -1.07. The average Bonchev–Trinajstić information content (AvgIpc) is 3.10. The molecule has 4 nitrogen and oxygen atoms in total. The Balaban J connectivity index is 2.26. The van der Waals surface area contributed by atoms with E-state index in [1.807, 2.05) is 13.8 Å². The van der Waals surface area contributed by atoms with Crippen LogP contribution in [0.25, 0.3) is 0 Å². The van der Waals surface area contributed by atoms with Gasteiger partial charge in [-0.05, 0) is 55.9 Å². The first-order chi connectivity index (χ1) is 8.80. The van der Waals surface area contributed by atoms with Crippen molar-refractivity contribution in [2.45, 2.75) is 44.9 Å². The Morgan fingerprint density at radius 3 is 2.42 bits per heavy atom. The van der Waals surface area contributed by atoms with Crippen LogP contribution in [0.4, 0.5) is 0 Å². The summed E-state index contributed by atoms with van der Waals surface area (Å²) in [5, 5.41) is 5.22. The lowest BCUT2D eigenvalue weighted by molar-refractivity contribution is 0.298. The fourth-order valence-electron chi connectivity index (χ4n) is 2.27. The summed E-state index contributed by atoms with van der Waals surface area (Å²) in [5.41, 5.74) is 2.36. The zero-order valence-electron chi connectivity index (χ0n) is 11.7. The Kier molecular flexibility index (Phi) is 3.87. The van der Waals surface area contributed by atoms with Gasteiger partial charge in [-0.1, -0.05) is 12.8 Å². The van der Waals surface area contributed by atoms with Gasteiger partial charge in [0.2, 0.25) is 10.0 Å². The lowest BCUT2D eigenvalue weighted by Crippen LogP contribution is -2.15. The first kappa shape index (κ1) is 14.3. The van der Waals surface area contributed by atoms with E-state index in [1.165, 1.54) is 12.8 Å². The number of hydrogen-bond acceptors (Lipinski definition) is 3. The molecular weight excluding hydrogens is 262 g/mol. The van der Waals surface area contributed by atoms with E-state index < -0.39 is 10.0 Å². The minimum Gasteiger partial charge on any atom is -0.493 e. The molecule has 0 spiro atoms. The van der Waals surface area contributed by atoms with Gasteiger partial charge >= 0.3 is 0 Å². The number of nitrogens with two attached hydrogens (primary N) is 1. The van der Waals surface area contributed by atoms with Crippen molar-refractivity contribution in [2.75, 3.05) is 6.61 Å². The van der Waals surface area contributed by atoms with E-state index in [0.717, 1.165) is 29.2 Å². The van der Waals surface area contributed by atoms with Crippen molar-refractivity contribution in [2.24, 2.45) is 11.1 Å². The van der Waals surface area contributed by atoms with Gasteiger partial charge in [0.25, 0.3) is 0 Å². The fourth-order valence-corrected chi connectivity index (χ4v) is 3.19. The Morgan fingerprint density at radius 1 is 1.26 bits per heavy atom. The molecule has 1 aromatic carbocycles. The van der Waals surface area contributed by atoms with Crippen LogP contribution in [0.1, 0.15) is 36.0 Å². The van der Waals surface area contributed by atoms with Crippen molar-refractivity contribution in [3.05, 3.63) is 22.8 Å². The summed E-state index contributed by atoms with van der Waals surface area (Å²) in [6, 6.07) is 1.60. The van der Waals surface area contributed by atoms with Gasteiger partial charge in [0.15, 0.2) is 0 Å². The normalized spacial score (nSPS) is 15.6. The largest absolute Gasteiger partial charge is 0.493 e. The second-order valence-corrected chi connectivity index (χ2v) is 6.93. The Bertz CT molecular complexity index is 589. The predicted octanol–water partition coefficient (Wildman–Crippen LogP) is 2.44. The molecule has 1 aliphatic carbocycles. The third kappa shape index (κ3) is 3.28. The van der Waals surface area contributed by atoms with Crippen molar-refractivity contribution in [3.8, 4) is 5.75 Å². The number of benzene rings is 1.